The Morgan fingerprint density at radius 3 is 2.95 bits per heavy atom. The zero-order chi connectivity index (χ0) is 14.1. The van der Waals surface area contributed by atoms with E-state index in [0.29, 0.717) is 18.3 Å². The lowest BCUT2D eigenvalue weighted by molar-refractivity contribution is -0.134. The fourth-order valence-corrected chi connectivity index (χ4v) is 3.59. The van der Waals surface area contributed by atoms with Gasteiger partial charge in [-0.2, -0.15) is 0 Å². The van der Waals surface area contributed by atoms with Gasteiger partial charge in [-0.05, 0) is 24.8 Å². The topological polar surface area (TPSA) is 42.3 Å². The first-order valence-corrected chi connectivity index (χ1v) is 7.66. The molecule has 2 aliphatic rings. The lowest BCUT2D eigenvalue weighted by atomic mass is 9.83. The number of rotatable bonds is 3. The Bertz CT molecular complexity index is 564. The van der Waals surface area contributed by atoms with Crippen LogP contribution in [0.2, 0.25) is 0 Å². The van der Waals surface area contributed by atoms with Gasteiger partial charge in [0.1, 0.15) is 0 Å². The summed E-state index contributed by atoms with van der Waals surface area (Å²) >= 11 is 0. The van der Waals surface area contributed by atoms with Crippen molar-refractivity contribution in [2.75, 3.05) is 13.1 Å². The van der Waals surface area contributed by atoms with Crippen LogP contribution in [0.25, 0.3) is 0 Å². The molecule has 0 aliphatic carbocycles. The van der Waals surface area contributed by atoms with Crippen molar-refractivity contribution in [3.63, 3.8) is 0 Å². The summed E-state index contributed by atoms with van der Waals surface area (Å²) in [4.78, 5) is 26.2. The normalized spacial score (nSPS) is 24.4. The number of carbonyl (C=O) groups excluding carboxylic acids is 1. The van der Waals surface area contributed by atoms with Crippen molar-refractivity contribution in [2.45, 2.75) is 45.1 Å². The van der Waals surface area contributed by atoms with Gasteiger partial charge in [0.25, 0.3) is 5.56 Å². The van der Waals surface area contributed by atoms with Crippen molar-refractivity contribution < 1.29 is 4.79 Å². The van der Waals surface area contributed by atoms with Crippen molar-refractivity contribution in [3.05, 3.63) is 34.2 Å². The maximum atomic E-state index is 12.2. The summed E-state index contributed by atoms with van der Waals surface area (Å²) in [7, 11) is 0. The minimum Gasteiger partial charge on any atom is -0.342 e. The number of piperidine rings is 1. The molecule has 0 spiro atoms. The van der Waals surface area contributed by atoms with E-state index >= 15 is 0 Å². The maximum absolute atomic E-state index is 12.2. The fourth-order valence-electron chi connectivity index (χ4n) is 3.59. The molecular weight excluding hydrogens is 252 g/mol. The van der Waals surface area contributed by atoms with Crippen LogP contribution in [0, 0.1) is 5.92 Å². The van der Waals surface area contributed by atoms with Gasteiger partial charge >= 0.3 is 0 Å². The predicted molar refractivity (Wildman–Crippen MR) is 77.7 cm³/mol. The molecule has 1 amide bonds. The van der Waals surface area contributed by atoms with E-state index in [9.17, 15) is 9.59 Å². The number of nitrogens with zero attached hydrogens (tertiary/aromatic N) is 2. The van der Waals surface area contributed by atoms with Crippen molar-refractivity contribution >= 4 is 5.91 Å². The third-order valence-corrected chi connectivity index (χ3v) is 4.58. The van der Waals surface area contributed by atoms with Gasteiger partial charge in [-0.3, -0.25) is 9.59 Å². The molecule has 1 fully saturated rings. The van der Waals surface area contributed by atoms with Crippen molar-refractivity contribution in [1.29, 1.82) is 0 Å². The van der Waals surface area contributed by atoms with E-state index in [1.165, 1.54) is 0 Å². The van der Waals surface area contributed by atoms with E-state index < -0.39 is 0 Å². The largest absolute Gasteiger partial charge is 0.342 e. The SMILES string of the molecule is CCCCC(=O)N1C[C@H]2C[C@H](C1)c1cccc(=O)n1C2. The summed E-state index contributed by atoms with van der Waals surface area (Å²) in [6.07, 6.45) is 3.81. The summed E-state index contributed by atoms with van der Waals surface area (Å²) in [6, 6.07) is 5.52. The highest BCUT2D eigenvalue weighted by molar-refractivity contribution is 5.76. The Balaban J connectivity index is 1.80. The maximum Gasteiger partial charge on any atom is 0.250 e. The second kappa shape index (κ2) is 5.43. The van der Waals surface area contributed by atoms with Crippen LogP contribution < -0.4 is 5.56 Å². The van der Waals surface area contributed by atoms with Gasteiger partial charge in [0, 0.05) is 43.7 Å². The first kappa shape index (κ1) is 13.4. The molecule has 1 aromatic heterocycles. The van der Waals surface area contributed by atoms with Gasteiger partial charge in [-0.25, -0.2) is 0 Å². The lowest BCUT2D eigenvalue weighted by Gasteiger charge is -2.42. The number of hydrogen-bond donors (Lipinski definition) is 0. The number of carbonyl (C=O) groups is 1. The molecule has 1 aromatic rings. The number of amides is 1. The summed E-state index contributed by atoms with van der Waals surface area (Å²) in [5, 5.41) is 0. The number of unbranched alkanes of at least 4 members (excludes halogenated alkanes) is 1. The molecule has 3 heterocycles. The van der Waals surface area contributed by atoms with Gasteiger partial charge in [0.05, 0.1) is 0 Å². The standard InChI is InChI=1S/C16H22N2O2/c1-2-3-6-15(19)17-9-12-8-13(11-17)14-5-4-7-16(20)18(14)10-12/h4-5,7,12-13H,2-3,6,8-11H2,1H3/t12-,13-/m1/s1. The van der Waals surface area contributed by atoms with Crippen LogP contribution in [-0.2, 0) is 11.3 Å². The van der Waals surface area contributed by atoms with Crippen LogP contribution >= 0.6 is 0 Å². The Hall–Kier alpha value is -1.58. The molecule has 0 unspecified atom stereocenters. The second-order valence-electron chi connectivity index (χ2n) is 6.10. The monoisotopic (exact) mass is 274 g/mol. The molecule has 3 rings (SSSR count). The molecule has 0 N–H and O–H groups in total. The van der Waals surface area contributed by atoms with Crippen LogP contribution in [0.5, 0.6) is 0 Å². The first-order chi connectivity index (χ1) is 9.69. The molecule has 0 saturated carbocycles. The van der Waals surface area contributed by atoms with Gasteiger partial charge < -0.3 is 9.47 Å². The smallest absolute Gasteiger partial charge is 0.250 e. The Morgan fingerprint density at radius 2 is 2.15 bits per heavy atom. The average molecular weight is 274 g/mol. The number of likely N-dealkylation sites (tertiary alicyclic amines) is 1. The molecule has 108 valence electrons. The minimum absolute atomic E-state index is 0.1000. The minimum atomic E-state index is 0.1000. The van der Waals surface area contributed by atoms with Crippen LogP contribution in [0.1, 0.15) is 44.2 Å². The summed E-state index contributed by atoms with van der Waals surface area (Å²) in [5.74, 6) is 1.06. The number of hydrogen-bond acceptors (Lipinski definition) is 2. The van der Waals surface area contributed by atoms with Crippen LogP contribution in [-0.4, -0.2) is 28.5 Å². The predicted octanol–water partition coefficient (Wildman–Crippen LogP) is 1.98. The first-order valence-electron chi connectivity index (χ1n) is 7.66. The zero-order valence-electron chi connectivity index (χ0n) is 12.0. The molecule has 0 aromatic carbocycles. The summed E-state index contributed by atoms with van der Waals surface area (Å²) in [5.41, 5.74) is 1.21. The van der Waals surface area contributed by atoms with Gasteiger partial charge in [-0.15, -0.1) is 0 Å². The van der Waals surface area contributed by atoms with E-state index in [2.05, 4.69) is 6.92 Å². The molecule has 0 radical (unpaired) electrons. The van der Waals surface area contributed by atoms with E-state index in [1.54, 1.807) is 6.07 Å². The van der Waals surface area contributed by atoms with Crippen molar-refractivity contribution in [1.82, 2.24) is 9.47 Å². The Morgan fingerprint density at radius 1 is 1.30 bits per heavy atom. The van der Waals surface area contributed by atoms with E-state index in [4.69, 9.17) is 0 Å². The highest BCUT2D eigenvalue weighted by Gasteiger charge is 2.35. The number of pyridine rings is 1. The van der Waals surface area contributed by atoms with Crippen molar-refractivity contribution in [2.24, 2.45) is 5.92 Å². The third kappa shape index (κ3) is 2.39. The van der Waals surface area contributed by atoms with Gasteiger partial charge in [0.2, 0.25) is 5.91 Å². The number of aromatic nitrogens is 1. The lowest BCUT2D eigenvalue weighted by Crippen LogP contribution is -2.49. The molecular formula is C16H22N2O2. The van der Waals surface area contributed by atoms with Crippen molar-refractivity contribution in [3.8, 4) is 0 Å². The van der Waals surface area contributed by atoms with E-state index in [0.717, 1.165) is 44.6 Å². The molecule has 20 heavy (non-hydrogen) atoms. The number of fused-ring (bicyclic) bond motifs is 4. The van der Waals surface area contributed by atoms with E-state index in [1.807, 2.05) is 21.6 Å². The average Bonchev–Trinajstić information content (AvgIpc) is 2.46. The van der Waals surface area contributed by atoms with Crippen LogP contribution in [0.15, 0.2) is 23.0 Å². The van der Waals surface area contributed by atoms with Crippen LogP contribution in [0.4, 0.5) is 0 Å². The summed E-state index contributed by atoms with van der Waals surface area (Å²) in [6.45, 7) is 4.48. The van der Waals surface area contributed by atoms with E-state index in [-0.39, 0.29) is 11.5 Å². The highest BCUT2D eigenvalue weighted by Crippen LogP contribution is 2.35. The molecule has 1 saturated heterocycles. The molecule has 4 heteroatoms. The second-order valence-corrected chi connectivity index (χ2v) is 6.10. The highest BCUT2D eigenvalue weighted by atomic mass is 16.2. The molecule has 2 aliphatic heterocycles. The summed E-state index contributed by atoms with van der Waals surface area (Å²) < 4.78 is 1.91. The Labute approximate surface area is 119 Å². The Kier molecular flexibility index (Phi) is 3.64. The fraction of sp³-hybridized carbons (Fsp3) is 0.625. The molecule has 2 atom stereocenters. The third-order valence-electron chi connectivity index (χ3n) is 4.58. The van der Waals surface area contributed by atoms with Crippen LogP contribution in [0.3, 0.4) is 0 Å². The molecule has 4 nitrogen and oxygen atoms in total. The zero-order valence-corrected chi connectivity index (χ0v) is 12.0. The molecule has 2 bridgehead atoms. The van der Waals surface area contributed by atoms with Gasteiger partial charge in [0.15, 0.2) is 0 Å². The quantitative estimate of drug-likeness (QED) is 0.846. The van der Waals surface area contributed by atoms with Gasteiger partial charge in [-0.1, -0.05) is 19.4 Å².